The van der Waals surface area contributed by atoms with Crippen LogP contribution in [-0.2, 0) is 12.8 Å². The molecule has 18 heavy (non-hydrogen) atoms. The average molecular weight is 246 g/mol. The van der Waals surface area contributed by atoms with E-state index < -0.39 is 0 Å². The quantitative estimate of drug-likeness (QED) is 0.667. The lowest BCUT2D eigenvalue weighted by Gasteiger charge is -2.00. The molecule has 98 valence electrons. The van der Waals surface area contributed by atoms with Crippen LogP contribution in [0.4, 0.5) is 0 Å². The van der Waals surface area contributed by atoms with E-state index in [2.05, 4.69) is 20.4 Å². The molecule has 0 saturated carbocycles. The fraction of sp³-hybridized carbons (Fsp3) is 0.571. The molecule has 2 aromatic rings. The van der Waals surface area contributed by atoms with Gasteiger partial charge in [-0.15, -0.1) is 0 Å². The van der Waals surface area contributed by atoms with Gasteiger partial charge < -0.3 is 0 Å². The molecule has 4 nitrogen and oxygen atoms in total. The van der Waals surface area contributed by atoms with Crippen molar-refractivity contribution >= 4 is 0 Å². The zero-order valence-electron chi connectivity index (χ0n) is 10.9. The minimum absolute atomic E-state index is 1.16. The summed E-state index contributed by atoms with van der Waals surface area (Å²) in [5.41, 5.74) is 2.66. The highest BCUT2D eigenvalue weighted by Crippen LogP contribution is 2.10. The van der Waals surface area contributed by atoms with Crippen molar-refractivity contribution in [1.29, 1.82) is 0 Å². The summed E-state index contributed by atoms with van der Waals surface area (Å²) >= 11 is 0. The Hall–Kier alpha value is -1.58. The second-order valence-corrected chi connectivity index (χ2v) is 4.83. The van der Waals surface area contributed by atoms with Crippen LogP contribution in [0.25, 0.3) is 0 Å². The van der Waals surface area contributed by atoms with E-state index in [9.17, 15) is 0 Å². The van der Waals surface area contributed by atoms with Crippen molar-refractivity contribution in [3.63, 3.8) is 0 Å². The zero-order chi connectivity index (χ0) is 12.5. The molecule has 0 radical (unpaired) electrons. The maximum absolute atomic E-state index is 3.95. The fourth-order valence-corrected chi connectivity index (χ4v) is 2.19. The predicted octanol–water partition coefficient (Wildman–Crippen LogP) is 3.26. The molecule has 2 rings (SSSR count). The molecule has 4 heteroatoms. The summed E-state index contributed by atoms with van der Waals surface area (Å²) in [5, 5.41) is 13.6. The van der Waals surface area contributed by atoms with Crippen LogP contribution >= 0.6 is 0 Å². The van der Waals surface area contributed by atoms with E-state index in [0.29, 0.717) is 0 Å². The molecule has 0 unspecified atom stereocenters. The minimum atomic E-state index is 1.16. The van der Waals surface area contributed by atoms with Gasteiger partial charge in [-0.3, -0.25) is 10.2 Å². The van der Waals surface area contributed by atoms with Gasteiger partial charge in [0.1, 0.15) is 0 Å². The van der Waals surface area contributed by atoms with Gasteiger partial charge in [0.15, 0.2) is 0 Å². The van der Waals surface area contributed by atoms with Crippen LogP contribution in [0, 0.1) is 0 Å². The minimum Gasteiger partial charge on any atom is -0.285 e. The Morgan fingerprint density at radius 3 is 1.50 bits per heavy atom. The molecular formula is C14H22N4. The average Bonchev–Trinajstić information content (AvgIpc) is 3.05. The van der Waals surface area contributed by atoms with Crippen molar-refractivity contribution in [2.45, 2.75) is 51.4 Å². The van der Waals surface area contributed by atoms with Crippen LogP contribution in [0.2, 0.25) is 0 Å². The molecule has 0 fully saturated rings. The molecular weight excluding hydrogens is 224 g/mol. The van der Waals surface area contributed by atoms with E-state index >= 15 is 0 Å². The molecule has 0 bridgehead atoms. The van der Waals surface area contributed by atoms with Gasteiger partial charge in [0.25, 0.3) is 0 Å². The smallest absolute Gasteiger partial charge is 0.0519 e. The maximum atomic E-state index is 3.95. The third-order valence-corrected chi connectivity index (χ3v) is 3.29. The third-order valence-electron chi connectivity index (χ3n) is 3.29. The van der Waals surface area contributed by atoms with Crippen LogP contribution in [0.1, 0.15) is 49.7 Å². The van der Waals surface area contributed by atoms with E-state index in [1.807, 2.05) is 24.8 Å². The highest BCUT2D eigenvalue weighted by Gasteiger charge is 1.96. The van der Waals surface area contributed by atoms with Crippen LogP contribution in [0.3, 0.4) is 0 Å². The summed E-state index contributed by atoms with van der Waals surface area (Å²) in [6.45, 7) is 0. The van der Waals surface area contributed by atoms with Crippen LogP contribution in [-0.4, -0.2) is 20.4 Å². The van der Waals surface area contributed by atoms with Gasteiger partial charge in [-0.25, -0.2) is 0 Å². The first-order valence-electron chi connectivity index (χ1n) is 6.90. The molecule has 0 spiro atoms. The maximum Gasteiger partial charge on any atom is 0.0519 e. The third kappa shape index (κ3) is 4.73. The highest BCUT2D eigenvalue weighted by atomic mass is 15.1. The largest absolute Gasteiger partial charge is 0.285 e. The first kappa shape index (κ1) is 12.9. The monoisotopic (exact) mass is 246 g/mol. The number of aryl methyl sites for hydroxylation is 2. The second kappa shape index (κ2) is 7.69. The summed E-state index contributed by atoms with van der Waals surface area (Å²) in [6.07, 6.45) is 18.1. The van der Waals surface area contributed by atoms with Crippen LogP contribution in [0.5, 0.6) is 0 Å². The topological polar surface area (TPSA) is 57.4 Å². The van der Waals surface area contributed by atoms with Gasteiger partial charge in [0.05, 0.1) is 12.4 Å². The number of nitrogens with one attached hydrogen (secondary N) is 2. The van der Waals surface area contributed by atoms with Gasteiger partial charge >= 0.3 is 0 Å². The fourth-order valence-electron chi connectivity index (χ4n) is 2.19. The number of nitrogens with zero attached hydrogens (tertiary/aromatic N) is 2. The lowest BCUT2D eigenvalue weighted by molar-refractivity contribution is 0.594. The van der Waals surface area contributed by atoms with Gasteiger partial charge in [0, 0.05) is 12.4 Å². The second-order valence-electron chi connectivity index (χ2n) is 4.83. The molecule has 0 aliphatic heterocycles. The first-order chi connectivity index (χ1) is 8.95. The number of H-pyrrole nitrogens is 2. The van der Waals surface area contributed by atoms with Crippen molar-refractivity contribution < 1.29 is 0 Å². The van der Waals surface area contributed by atoms with Gasteiger partial charge in [0.2, 0.25) is 0 Å². The molecule has 0 aliphatic carbocycles. The SMILES string of the molecule is c1n[nH]cc1CCCCCCCCc1cn[nH]c1. The van der Waals surface area contributed by atoms with Crippen LogP contribution < -0.4 is 0 Å². The highest BCUT2D eigenvalue weighted by molar-refractivity contribution is 5.02. The van der Waals surface area contributed by atoms with Gasteiger partial charge in [-0.1, -0.05) is 25.7 Å². The van der Waals surface area contributed by atoms with E-state index in [4.69, 9.17) is 0 Å². The van der Waals surface area contributed by atoms with E-state index in [0.717, 1.165) is 12.8 Å². The summed E-state index contributed by atoms with van der Waals surface area (Å²) < 4.78 is 0. The summed E-state index contributed by atoms with van der Waals surface area (Å²) in [4.78, 5) is 0. The van der Waals surface area contributed by atoms with E-state index in [-0.39, 0.29) is 0 Å². The summed E-state index contributed by atoms with van der Waals surface area (Å²) in [6, 6.07) is 0. The number of hydrogen-bond acceptors (Lipinski definition) is 2. The van der Waals surface area contributed by atoms with Crippen molar-refractivity contribution in [3.05, 3.63) is 35.9 Å². The summed E-state index contributed by atoms with van der Waals surface area (Å²) in [5.74, 6) is 0. The normalized spacial score (nSPS) is 10.9. The van der Waals surface area contributed by atoms with Gasteiger partial charge in [-0.2, -0.15) is 10.2 Å². The Kier molecular flexibility index (Phi) is 5.50. The van der Waals surface area contributed by atoms with E-state index in [1.165, 1.54) is 49.7 Å². The number of aromatic amines is 2. The number of rotatable bonds is 9. The number of aromatic nitrogens is 4. The van der Waals surface area contributed by atoms with Crippen molar-refractivity contribution in [3.8, 4) is 0 Å². The molecule has 0 atom stereocenters. The Bertz CT molecular complexity index is 351. The predicted molar refractivity (Wildman–Crippen MR) is 72.3 cm³/mol. The standard InChI is InChI=1S/C14H22N4/c1(3-5-7-13-9-15-16-10-13)2-4-6-8-14-11-17-18-12-14/h9-12H,1-8H2,(H,15,16)(H,17,18). The summed E-state index contributed by atoms with van der Waals surface area (Å²) in [7, 11) is 0. The van der Waals surface area contributed by atoms with Crippen LogP contribution in [0.15, 0.2) is 24.8 Å². The molecule has 0 saturated heterocycles. The Balaban J connectivity index is 1.40. The van der Waals surface area contributed by atoms with Gasteiger partial charge in [-0.05, 0) is 36.8 Å². The molecule has 0 aromatic carbocycles. The van der Waals surface area contributed by atoms with Crippen molar-refractivity contribution in [1.82, 2.24) is 20.4 Å². The Morgan fingerprint density at radius 2 is 1.11 bits per heavy atom. The Morgan fingerprint density at radius 1 is 0.667 bits per heavy atom. The van der Waals surface area contributed by atoms with Crippen molar-refractivity contribution in [2.24, 2.45) is 0 Å². The lowest BCUT2D eigenvalue weighted by atomic mass is 10.1. The number of unbranched alkanes of at least 4 members (excludes halogenated alkanes) is 5. The lowest BCUT2D eigenvalue weighted by Crippen LogP contribution is -1.86. The molecule has 2 N–H and O–H groups in total. The molecule has 0 aliphatic rings. The molecule has 0 amide bonds. The zero-order valence-corrected chi connectivity index (χ0v) is 10.9. The van der Waals surface area contributed by atoms with E-state index in [1.54, 1.807) is 0 Å². The van der Waals surface area contributed by atoms with Crippen molar-refractivity contribution in [2.75, 3.05) is 0 Å². The molecule has 2 aromatic heterocycles. The Labute approximate surface area is 108 Å². The number of hydrogen-bond donors (Lipinski definition) is 2. The first-order valence-corrected chi connectivity index (χ1v) is 6.90. The molecule has 2 heterocycles.